The molecular weight excluding hydrogens is 295 g/mol. The number of amides is 2. The maximum Gasteiger partial charge on any atom is 0.416 e. The Labute approximate surface area is 121 Å². The highest BCUT2D eigenvalue weighted by atomic mass is 35.5. The van der Waals surface area contributed by atoms with Crippen LogP contribution in [0.5, 0.6) is 0 Å². The number of carbonyl (C=O) groups excluding carboxylic acids is 1. The van der Waals surface area contributed by atoms with Crippen molar-refractivity contribution in [2.24, 2.45) is 5.73 Å². The van der Waals surface area contributed by atoms with Crippen LogP contribution in [0.2, 0.25) is 0 Å². The zero-order valence-electron chi connectivity index (χ0n) is 10.7. The number of nitrogens with one attached hydrogen (secondary N) is 2. The van der Waals surface area contributed by atoms with Gasteiger partial charge in [-0.05, 0) is 24.6 Å². The Balaban J connectivity index is 0.00000361. The van der Waals surface area contributed by atoms with Gasteiger partial charge in [0.15, 0.2) is 0 Å². The van der Waals surface area contributed by atoms with Gasteiger partial charge in [0.05, 0.1) is 5.56 Å². The van der Waals surface area contributed by atoms with Gasteiger partial charge >= 0.3 is 12.2 Å². The number of hydrogen-bond acceptors (Lipinski definition) is 2. The van der Waals surface area contributed by atoms with Gasteiger partial charge in [-0.25, -0.2) is 4.79 Å². The molecule has 0 radical (unpaired) electrons. The summed E-state index contributed by atoms with van der Waals surface area (Å²) in [5.41, 5.74) is 4.54. The fourth-order valence-electron chi connectivity index (χ4n) is 1.49. The number of alkyl halides is 3. The fraction of sp³-hybridized carbons (Fsp3) is 0.417. The Bertz CT molecular complexity index is 427. The summed E-state index contributed by atoms with van der Waals surface area (Å²) in [5.74, 6) is 0. The molecule has 0 fully saturated rings. The van der Waals surface area contributed by atoms with Gasteiger partial charge < -0.3 is 16.4 Å². The zero-order valence-corrected chi connectivity index (χ0v) is 11.5. The Hall–Kier alpha value is -1.47. The van der Waals surface area contributed by atoms with E-state index in [4.69, 9.17) is 5.73 Å². The van der Waals surface area contributed by atoms with Gasteiger partial charge in [0.2, 0.25) is 0 Å². The van der Waals surface area contributed by atoms with Crippen LogP contribution < -0.4 is 16.4 Å². The van der Waals surface area contributed by atoms with Crippen LogP contribution in [0.3, 0.4) is 0 Å². The third-order valence-corrected chi connectivity index (χ3v) is 2.43. The van der Waals surface area contributed by atoms with E-state index in [0.717, 1.165) is 6.07 Å². The van der Waals surface area contributed by atoms with Crippen molar-refractivity contribution in [1.29, 1.82) is 0 Å². The van der Waals surface area contributed by atoms with E-state index in [0.29, 0.717) is 19.5 Å². The van der Waals surface area contributed by atoms with E-state index in [1.807, 2.05) is 0 Å². The lowest BCUT2D eigenvalue weighted by atomic mass is 10.1. The smallest absolute Gasteiger partial charge is 0.338 e. The van der Waals surface area contributed by atoms with Crippen LogP contribution in [0.4, 0.5) is 18.0 Å². The van der Waals surface area contributed by atoms with E-state index in [2.05, 4.69) is 10.6 Å². The first-order valence-electron chi connectivity index (χ1n) is 5.82. The molecule has 0 spiro atoms. The average molecular weight is 312 g/mol. The standard InChI is InChI=1S/C12H16F3N3O.ClH/c13-12(14,15)10-5-2-1-4-9(10)8-18-11(19)17-7-3-6-16;/h1-2,4-5H,3,6-8,16H2,(H2,17,18,19);1H. The van der Waals surface area contributed by atoms with Crippen LogP contribution >= 0.6 is 12.4 Å². The molecule has 0 aliphatic carbocycles. The lowest BCUT2D eigenvalue weighted by molar-refractivity contribution is -0.138. The third-order valence-electron chi connectivity index (χ3n) is 2.43. The molecule has 0 heterocycles. The highest BCUT2D eigenvalue weighted by Crippen LogP contribution is 2.31. The summed E-state index contributed by atoms with van der Waals surface area (Å²) in [7, 11) is 0. The van der Waals surface area contributed by atoms with E-state index in [-0.39, 0.29) is 24.5 Å². The van der Waals surface area contributed by atoms with Gasteiger partial charge in [-0.1, -0.05) is 18.2 Å². The van der Waals surface area contributed by atoms with E-state index in [1.54, 1.807) is 0 Å². The summed E-state index contributed by atoms with van der Waals surface area (Å²) < 4.78 is 38.0. The van der Waals surface area contributed by atoms with Gasteiger partial charge in [0.25, 0.3) is 0 Å². The van der Waals surface area contributed by atoms with Crippen LogP contribution in [0, 0.1) is 0 Å². The quantitative estimate of drug-likeness (QED) is 0.730. The molecular formula is C12H17ClF3N3O. The van der Waals surface area contributed by atoms with Crippen LogP contribution in [0.15, 0.2) is 24.3 Å². The number of halogens is 4. The molecule has 1 rings (SSSR count). The molecule has 0 bridgehead atoms. The summed E-state index contributed by atoms with van der Waals surface area (Å²) >= 11 is 0. The number of rotatable bonds is 5. The van der Waals surface area contributed by atoms with Gasteiger partial charge in [0, 0.05) is 13.1 Å². The molecule has 0 aliphatic heterocycles. The van der Waals surface area contributed by atoms with Crippen molar-refractivity contribution in [3.8, 4) is 0 Å². The first-order chi connectivity index (χ1) is 8.95. The van der Waals surface area contributed by atoms with Gasteiger partial charge in [-0.3, -0.25) is 0 Å². The molecule has 0 saturated carbocycles. The SMILES string of the molecule is Cl.NCCCNC(=O)NCc1ccccc1C(F)(F)F. The summed E-state index contributed by atoms with van der Waals surface area (Å²) in [6.45, 7) is 0.657. The highest BCUT2D eigenvalue weighted by Gasteiger charge is 2.32. The Morgan fingerprint density at radius 2 is 1.85 bits per heavy atom. The van der Waals surface area contributed by atoms with Crippen LogP contribution in [-0.2, 0) is 12.7 Å². The topological polar surface area (TPSA) is 67.1 Å². The largest absolute Gasteiger partial charge is 0.416 e. The molecule has 8 heteroatoms. The molecule has 4 nitrogen and oxygen atoms in total. The number of nitrogens with two attached hydrogens (primary N) is 1. The van der Waals surface area contributed by atoms with E-state index >= 15 is 0 Å². The molecule has 0 atom stereocenters. The van der Waals surface area contributed by atoms with E-state index in [1.165, 1.54) is 18.2 Å². The van der Waals surface area contributed by atoms with Crippen LogP contribution in [0.1, 0.15) is 17.5 Å². The van der Waals surface area contributed by atoms with E-state index < -0.39 is 17.8 Å². The molecule has 1 aromatic rings. The van der Waals surface area contributed by atoms with E-state index in [9.17, 15) is 18.0 Å². The van der Waals surface area contributed by atoms with Crippen LogP contribution in [-0.4, -0.2) is 19.1 Å². The summed E-state index contributed by atoms with van der Waals surface area (Å²) in [5, 5.41) is 4.88. The maximum absolute atomic E-state index is 12.7. The molecule has 0 aliphatic rings. The maximum atomic E-state index is 12.7. The number of hydrogen-bond donors (Lipinski definition) is 3. The minimum absolute atomic E-state index is 0. The monoisotopic (exact) mass is 311 g/mol. The second kappa shape index (κ2) is 8.65. The molecule has 4 N–H and O–H groups in total. The predicted octanol–water partition coefficient (Wildman–Crippen LogP) is 2.28. The molecule has 0 aromatic heterocycles. The number of benzene rings is 1. The van der Waals surface area contributed by atoms with Crippen molar-refractivity contribution in [2.45, 2.75) is 19.1 Å². The lowest BCUT2D eigenvalue weighted by Crippen LogP contribution is -2.36. The normalized spacial score (nSPS) is 10.6. The average Bonchev–Trinajstić information content (AvgIpc) is 2.36. The molecule has 0 unspecified atom stereocenters. The van der Waals surface area contributed by atoms with Crippen molar-refractivity contribution in [2.75, 3.05) is 13.1 Å². The molecule has 0 saturated heterocycles. The first-order valence-corrected chi connectivity index (χ1v) is 5.82. The highest BCUT2D eigenvalue weighted by molar-refractivity contribution is 5.85. The molecule has 20 heavy (non-hydrogen) atoms. The van der Waals surface area contributed by atoms with Gasteiger partial charge in [-0.15, -0.1) is 12.4 Å². The van der Waals surface area contributed by atoms with Crippen LogP contribution in [0.25, 0.3) is 0 Å². The van der Waals surface area contributed by atoms with Gasteiger partial charge in [-0.2, -0.15) is 13.2 Å². The van der Waals surface area contributed by atoms with Gasteiger partial charge in [0.1, 0.15) is 0 Å². The summed E-state index contributed by atoms with van der Waals surface area (Å²) in [6, 6.07) is 4.63. The fourth-order valence-corrected chi connectivity index (χ4v) is 1.49. The summed E-state index contributed by atoms with van der Waals surface area (Å²) in [6.07, 6.45) is -3.80. The zero-order chi connectivity index (χ0) is 14.3. The van der Waals surface area contributed by atoms with Crippen molar-refractivity contribution in [3.63, 3.8) is 0 Å². The van der Waals surface area contributed by atoms with Crippen molar-refractivity contribution >= 4 is 18.4 Å². The van der Waals surface area contributed by atoms with Crippen molar-refractivity contribution in [3.05, 3.63) is 35.4 Å². The second-order valence-corrected chi connectivity index (χ2v) is 3.91. The molecule has 2 amide bonds. The summed E-state index contributed by atoms with van der Waals surface area (Å²) in [4.78, 5) is 11.3. The minimum atomic E-state index is -4.42. The minimum Gasteiger partial charge on any atom is -0.338 e. The van der Waals surface area contributed by atoms with Crippen molar-refractivity contribution < 1.29 is 18.0 Å². The predicted molar refractivity (Wildman–Crippen MR) is 72.6 cm³/mol. The Morgan fingerprint density at radius 1 is 1.20 bits per heavy atom. The number of carbonyl (C=O) groups is 1. The number of urea groups is 1. The Kier molecular flexibility index (Phi) is 8.02. The van der Waals surface area contributed by atoms with Crippen molar-refractivity contribution in [1.82, 2.24) is 10.6 Å². The Morgan fingerprint density at radius 3 is 2.45 bits per heavy atom. The third kappa shape index (κ3) is 6.12. The first kappa shape index (κ1) is 18.5. The molecule has 1 aromatic carbocycles. The lowest BCUT2D eigenvalue weighted by Gasteiger charge is -2.13. The molecule has 114 valence electrons. The second-order valence-electron chi connectivity index (χ2n) is 3.91.